The van der Waals surface area contributed by atoms with Gasteiger partial charge in [-0.05, 0) is 0 Å². The van der Waals surface area contributed by atoms with Crippen LogP contribution >= 0.6 is 34.6 Å². The van der Waals surface area contributed by atoms with Crippen molar-refractivity contribution in [2.75, 3.05) is 5.33 Å². The van der Waals surface area contributed by atoms with Crippen molar-refractivity contribution in [3.8, 4) is 0 Å². The third-order valence-electron chi connectivity index (χ3n) is 2.16. The molecule has 0 radical (unpaired) electrons. The number of hydrogen-bond donors (Lipinski definition) is 0. The summed E-state index contributed by atoms with van der Waals surface area (Å²) in [7, 11) is 0. The molecule has 1 saturated heterocycles. The predicted molar refractivity (Wildman–Crippen MR) is 66.5 cm³/mol. The third kappa shape index (κ3) is 4.15. The Morgan fingerprint density at radius 3 is 2.36 bits per heavy atom. The molecule has 0 N–H and O–H groups in total. The fraction of sp³-hybridized carbons (Fsp3) is 1.00. The first-order valence-corrected chi connectivity index (χ1v) is 17.1. The zero-order valence-corrected chi connectivity index (χ0v) is 12.9. The Hall–Kier alpha value is 2.00. The van der Waals surface area contributed by atoms with Crippen LogP contribution in [0, 0.1) is 0 Å². The van der Waals surface area contributed by atoms with Crippen molar-refractivity contribution in [3.05, 3.63) is 0 Å². The van der Waals surface area contributed by atoms with Gasteiger partial charge in [-0.25, -0.2) is 0 Å². The molecule has 1 heterocycles. The number of unbranched alkanes of at least 4 members (excludes halogenated alkanes) is 1. The molecule has 1 fully saturated rings. The molecule has 3 heteroatoms. The van der Waals surface area contributed by atoms with Gasteiger partial charge in [-0.1, -0.05) is 0 Å². The molecule has 68 valence electrons. The molecule has 0 aliphatic carbocycles. The van der Waals surface area contributed by atoms with Gasteiger partial charge in [-0.15, -0.1) is 0 Å². The van der Waals surface area contributed by atoms with Gasteiger partial charge in [0.25, 0.3) is 0 Å². The molecule has 0 spiro atoms. The maximum absolute atomic E-state index is 3.50. The molecular formula is C8H16BrITe. The van der Waals surface area contributed by atoms with E-state index in [9.17, 15) is 0 Å². The van der Waals surface area contributed by atoms with Crippen LogP contribution in [0.25, 0.3) is 0 Å². The van der Waals surface area contributed by atoms with Gasteiger partial charge in [0, 0.05) is 0 Å². The normalized spacial score (nSPS) is 25.3. The first kappa shape index (κ1) is 11.1. The zero-order chi connectivity index (χ0) is 8.16. The summed E-state index contributed by atoms with van der Waals surface area (Å²) < 4.78 is 4.95. The Morgan fingerprint density at radius 2 is 1.82 bits per heavy atom. The Bertz CT molecular complexity index is 113. The van der Waals surface area contributed by atoms with E-state index < -0.39 is 14.2 Å². The topological polar surface area (TPSA) is 0 Å². The van der Waals surface area contributed by atoms with Crippen LogP contribution in [-0.2, 0) is 0 Å². The predicted octanol–water partition coefficient (Wildman–Crippen LogP) is 4.34. The second kappa shape index (κ2) is 5.67. The van der Waals surface area contributed by atoms with Gasteiger partial charge in [0.15, 0.2) is 0 Å². The second-order valence-electron chi connectivity index (χ2n) is 3.16. The van der Waals surface area contributed by atoms with Crippen molar-refractivity contribution in [2.24, 2.45) is 0 Å². The molecule has 1 rings (SSSR count). The second-order valence-corrected chi connectivity index (χ2v) is 25.3. The Morgan fingerprint density at radius 1 is 1.18 bits per heavy atom. The first-order valence-electron chi connectivity index (χ1n) is 4.29. The van der Waals surface area contributed by atoms with Crippen molar-refractivity contribution < 1.29 is 0 Å². The summed E-state index contributed by atoms with van der Waals surface area (Å²) in [5, 5.41) is 1.21. The molecule has 0 amide bonds. The summed E-state index contributed by atoms with van der Waals surface area (Å²) in [5.74, 6) is 0. The summed E-state index contributed by atoms with van der Waals surface area (Å²) in [6, 6.07) is 0. The fourth-order valence-corrected chi connectivity index (χ4v) is 16.1. The minimum atomic E-state index is -1.18. The molecule has 0 bridgehead atoms. The standard InChI is InChI=1S/C8H16BrITe/c9-5-1-2-6-11(10)7-3-4-8-11/h1-8H2. The van der Waals surface area contributed by atoms with E-state index in [1.807, 2.05) is 0 Å². The minimum absolute atomic E-state index is 1.18. The Labute approximate surface area is 92.1 Å². The van der Waals surface area contributed by atoms with Crippen LogP contribution in [0.5, 0.6) is 0 Å². The van der Waals surface area contributed by atoms with Crippen molar-refractivity contribution in [1.82, 2.24) is 0 Å². The molecule has 0 unspecified atom stereocenters. The SMILES string of the molecule is BrCCCC[Te]1(I)CCCC1. The quantitative estimate of drug-likeness (QED) is 0.261. The van der Waals surface area contributed by atoms with E-state index in [0.717, 1.165) is 0 Å². The van der Waals surface area contributed by atoms with E-state index >= 15 is 0 Å². The van der Waals surface area contributed by atoms with Gasteiger partial charge in [0.05, 0.1) is 0 Å². The van der Waals surface area contributed by atoms with E-state index in [-0.39, 0.29) is 0 Å². The number of halogens is 2. The average Bonchev–Trinajstić information content (AvgIpc) is 2.38. The van der Waals surface area contributed by atoms with Crippen molar-refractivity contribution in [1.29, 1.82) is 0 Å². The van der Waals surface area contributed by atoms with Crippen LogP contribution in [0.3, 0.4) is 0 Å². The van der Waals surface area contributed by atoms with Gasteiger partial charge in [0.2, 0.25) is 0 Å². The van der Waals surface area contributed by atoms with Crippen LogP contribution in [0.15, 0.2) is 0 Å². The number of hydrogen-bond acceptors (Lipinski definition) is 0. The molecule has 1 aliphatic rings. The Balaban J connectivity index is 2.13. The Kier molecular flexibility index (Phi) is 5.71. The van der Waals surface area contributed by atoms with Crippen molar-refractivity contribution >= 4 is 48.9 Å². The molecule has 0 atom stereocenters. The van der Waals surface area contributed by atoms with Gasteiger partial charge >= 0.3 is 93.3 Å². The third-order valence-corrected chi connectivity index (χ3v) is 20.3. The maximum atomic E-state index is 3.50. The van der Waals surface area contributed by atoms with Crippen molar-refractivity contribution in [3.63, 3.8) is 0 Å². The summed E-state index contributed by atoms with van der Waals surface area (Å²) in [6.07, 6.45) is 6.00. The zero-order valence-electron chi connectivity index (χ0n) is 6.82. The molecule has 0 aromatic carbocycles. The van der Waals surface area contributed by atoms with E-state index in [2.05, 4.69) is 34.6 Å². The van der Waals surface area contributed by atoms with E-state index in [1.165, 1.54) is 18.2 Å². The van der Waals surface area contributed by atoms with E-state index in [4.69, 9.17) is 0 Å². The number of alkyl halides is 1. The first-order chi connectivity index (χ1) is 5.27. The van der Waals surface area contributed by atoms with E-state index in [0.29, 0.717) is 0 Å². The molecular weight excluding hydrogens is 430 g/mol. The molecule has 0 nitrogen and oxygen atoms in total. The van der Waals surface area contributed by atoms with E-state index in [1.54, 1.807) is 26.2 Å². The average molecular weight is 447 g/mol. The summed E-state index contributed by atoms with van der Waals surface area (Å²) >= 11 is 5.20. The molecule has 0 aromatic rings. The van der Waals surface area contributed by atoms with Gasteiger partial charge in [-0.3, -0.25) is 0 Å². The van der Waals surface area contributed by atoms with Gasteiger partial charge in [0.1, 0.15) is 0 Å². The fourth-order valence-electron chi connectivity index (χ4n) is 1.48. The number of rotatable bonds is 4. The monoisotopic (exact) mass is 448 g/mol. The van der Waals surface area contributed by atoms with Crippen LogP contribution in [0.1, 0.15) is 25.7 Å². The molecule has 0 aromatic heterocycles. The van der Waals surface area contributed by atoms with Crippen LogP contribution in [0.4, 0.5) is 0 Å². The van der Waals surface area contributed by atoms with Crippen molar-refractivity contribution in [2.45, 2.75) is 39.1 Å². The summed E-state index contributed by atoms with van der Waals surface area (Å²) in [5.41, 5.74) is 0. The van der Waals surface area contributed by atoms with Crippen LogP contribution in [-0.4, -0.2) is 19.6 Å². The van der Waals surface area contributed by atoms with Gasteiger partial charge < -0.3 is 0 Å². The molecule has 0 saturated carbocycles. The van der Waals surface area contributed by atoms with Crippen LogP contribution < -0.4 is 0 Å². The summed E-state index contributed by atoms with van der Waals surface area (Å²) in [4.78, 5) is 0. The molecule has 1 aliphatic heterocycles. The molecule has 11 heavy (non-hydrogen) atoms. The van der Waals surface area contributed by atoms with Gasteiger partial charge in [-0.2, -0.15) is 0 Å². The summed E-state index contributed by atoms with van der Waals surface area (Å²) in [6.45, 7) is 0. The van der Waals surface area contributed by atoms with Crippen LogP contribution in [0.2, 0.25) is 13.4 Å².